The average Bonchev–Trinajstić information content (AvgIpc) is 2.57. The van der Waals surface area contributed by atoms with Crippen molar-refractivity contribution in [3.63, 3.8) is 0 Å². The first kappa shape index (κ1) is 19.7. The zero-order chi connectivity index (χ0) is 19.9. The number of aromatic hydroxyl groups is 2. The van der Waals surface area contributed by atoms with Crippen LogP contribution in [0.25, 0.3) is 0 Å². The average molecular weight is 389 g/mol. The van der Waals surface area contributed by atoms with E-state index in [2.05, 4.69) is 0 Å². The molecular formula is C22H28O4S. The minimum atomic E-state index is -2.99. The van der Waals surface area contributed by atoms with Gasteiger partial charge in [-0.25, -0.2) is 8.42 Å². The van der Waals surface area contributed by atoms with Crippen LogP contribution in [0.15, 0.2) is 24.3 Å². The molecule has 4 nitrogen and oxygen atoms in total. The second-order valence-electron chi connectivity index (χ2n) is 8.01. The zero-order valence-electron chi connectivity index (χ0n) is 16.4. The van der Waals surface area contributed by atoms with E-state index in [9.17, 15) is 18.6 Å². The molecule has 0 aromatic heterocycles. The highest BCUT2D eigenvalue weighted by Gasteiger charge is 2.34. The minimum absolute atomic E-state index is 0.0488. The molecule has 0 unspecified atom stereocenters. The summed E-state index contributed by atoms with van der Waals surface area (Å²) < 4.78 is 23.9. The summed E-state index contributed by atoms with van der Waals surface area (Å²) in [6.45, 7) is 7.71. The Morgan fingerprint density at radius 1 is 0.815 bits per heavy atom. The van der Waals surface area contributed by atoms with Crippen molar-refractivity contribution in [2.24, 2.45) is 5.92 Å². The maximum atomic E-state index is 11.9. The summed E-state index contributed by atoms with van der Waals surface area (Å²) in [7, 11) is -2.99. The first-order valence-electron chi connectivity index (χ1n) is 9.39. The lowest BCUT2D eigenvalue weighted by Gasteiger charge is -2.32. The molecule has 0 spiro atoms. The lowest BCUT2D eigenvalue weighted by atomic mass is 9.75. The Balaban J connectivity index is 2.20. The molecule has 0 bridgehead atoms. The highest BCUT2D eigenvalue weighted by molar-refractivity contribution is 7.91. The Bertz CT molecular complexity index is 905. The van der Waals surface area contributed by atoms with Gasteiger partial charge in [-0.05, 0) is 57.6 Å². The summed E-state index contributed by atoms with van der Waals surface area (Å²) in [5.74, 6) is 0.594. The van der Waals surface area contributed by atoms with Gasteiger partial charge >= 0.3 is 0 Å². The van der Waals surface area contributed by atoms with Crippen LogP contribution in [0.2, 0.25) is 0 Å². The van der Waals surface area contributed by atoms with Crippen LogP contribution in [0.1, 0.15) is 52.1 Å². The molecule has 0 radical (unpaired) electrons. The molecule has 1 fully saturated rings. The van der Waals surface area contributed by atoms with E-state index in [0.717, 1.165) is 33.4 Å². The van der Waals surface area contributed by atoms with Gasteiger partial charge in [0.05, 0.1) is 11.5 Å². The van der Waals surface area contributed by atoms with Crippen LogP contribution in [0.5, 0.6) is 11.5 Å². The number of hydrogen-bond donors (Lipinski definition) is 2. The van der Waals surface area contributed by atoms with Crippen molar-refractivity contribution in [3.05, 3.63) is 57.6 Å². The summed E-state index contributed by atoms with van der Waals surface area (Å²) in [6.07, 6.45) is 1.07. The Morgan fingerprint density at radius 2 is 1.22 bits per heavy atom. The number of hydrogen-bond acceptors (Lipinski definition) is 4. The van der Waals surface area contributed by atoms with Gasteiger partial charge in [0, 0.05) is 17.0 Å². The Hall–Kier alpha value is -2.01. The fourth-order valence-corrected chi connectivity index (χ4v) is 5.90. The van der Waals surface area contributed by atoms with Gasteiger partial charge in [0.1, 0.15) is 21.3 Å². The maximum absolute atomic E-state index is 11.9. The van der Waals surface area contributed by atoms with Crippen LogP contribution in [-0.2, 0) is 9.84 Å². The molecular weight excluding hydrogens is 360 g/mol. The maximum Gasteiger partial charge on any atom is 0.150 e. The molecule has 2 N–H and O–H groups in total. The van der Waals surface area contributed by atoms with E-state index < -0.39 is 9.84 Å². The number of benzene rings is 2. The molecule has 146 valence electrons. The molecule has 0 atom stereocenters. The monoisotopic (exact) mass is 388 g/mol. The smallest absolute Gasteiger partial charge is 0.150 e. The predicted molar refractivity (Wildman–Crippen MR) is 108 cm³/mol. The fraction of sp³-hybridized carbons (Fsp3) is 0.455. The molecule has 1 aliphatic heterocycles. The molecule has 27 heavy (non-hydrogen) atoms. The molecule has 1 saturated heterocycles. The van der Waals surface area contributed by atoms with Crippen molar-refractivity contribution in [2.75, 3.05) is 11.5 Å². The van der Waals surface area contributed by atoms with Gasteiger partial charge in [-0.3, -0.25) is 0 Å². The Morgan fingerprint density at radius 3 is 1.63 bits per heavy atom. The highest BCUT2D eigenvalue weighted by atomic mass is 32.2. The van der Waals surface area contributed by atoms with Crippen LogP contribution in [0.3, 0.4) is 0 Å². The molecule has 2 aromatic rings. The molecule has 0 amide bonds. The largest absolute Gasteiger partial charge is 0.507 e. The highest BCUT2D eigenvalue weighted by Crippen LogP contribution is 2.46. The molecule has 1 aliphatic rings. The zero-order valence-corrected chi connectivity index (χ0v) is 17.2. The van der Waals surface area contributed by atoms with Crippen molar-refractivity contribution in [1.29, 1.82) is 0 Å². The van der Waals surface area contributed by atoms with Crippen molar-refractivity contribution in [2.45, 2.75) is 46.5 Å². The van der Waals surface area contributed by atoms with Gasteiger partial charge in [0.25, 0.3) is 0 Å². The normalized spacial score (nSPS) is 17.4. The van der Waals surface area contributed by atoms with Crippen molar-refractivity contribution >= 4 is 9.84 Å². The van der Waals surface area contributed by atoms with Gasteiger partial charge in [0.15, 0.2) is 0 Å². The number of rotatable bonds is 3. The van der Waals surface area contributed by atoms with Crippen molar-refractivity contribution < 1.29 is 18.6 Å². The summed E-state index contributed by atoms with van der Waals surface area (Å²) in [6, 6.07) is 7.80. The van der Waals surface area contributed by atoms with E-state index in [0.29, 0.717) is 12.8 Å². The standard InChI is InChI=1S/C22H28O4S/c1-13-9-15(3)21(23)18(11-13)20(17-5-7-27(25,26)8-6-17)19-12-14(2)10-16(4)22(19)24/h9-12,17,20,23-24H,5-8H2,1-4H3. The predicted octanol–water partition coefficient (Wildman–Crippen LogP) is 4.29. The van der Waals surface area contributed by atoms with Crippen LogP contribution in [-0.4, -0.2) is 30.1 Å². The van der Waals surface area contributed by atoms with Crippen LogP contribution >= 0.6 is 0 Å². The Labute approximate surface area is 161 Å². The van der Waals surface area contributed by atoms with Gasteiger partial charge in [-0.2, -0.15) is 0 Å². The van der Waals surface area contributed by atoms with E-state index in [1.807, 2.05) is 52.0 Å². The lowest BCUT2D eigenvalue weighted by molar-refractivity contribution is 0.386. The molecule has 0 saturated carbocycles. The quantitative estimate of drug-likeness (QED) is 0.823. The number of phenolic OH excluding ortho intramolecular Hbond substituents is 2. The van der Waals surface area contributed by atoms with Crippen LogP contribution in [0.4, 0.5) is 0 Å². The topological polar surface area (TPSA) is 74.6 Å². The van der Waals surface area contributed by atoms with Crippen molar-refractivity contribution in [3.8, 4) is 11.5 Å². The van der Waals surface area contributed by atoms with E-state index in [-0.39, 0.29) is 34.8 Å². The van der Waals surface area contributed by atoms with E-state index in [1.54, 1.807) is 0 Å². The summed E-state index contributed by atoms with van der Waals surface area (Å²) in [4.78, 5) is 0. The van der Waals surface area contributed by atoms with E-state index in [4.69, 9.17) is 0 Å². The molecule has 5 heteroatoms. The third kappa shape index (κ3) is 3.98. The molecule has 1 heterocycles. The number of sulfone groups is 1. The van der Waals surface area contributed by atoms with Gasteiger partial charge in [-0.1, -0.05) is 35.4 Å². The second-order valence-corrected chi connectivity index (χ2v) is 10.3. The molecule has 2 aromatic carbocycles. The Kier molecular flexibility index (Phi) is 5.26. The number of aryl methyl sites for hydroxylation is 4. The SMILES string of the molecule is Cc1cc(C)c(O)c(C(c2cc(C)cc(C)c2O)C2CCS(=O)(=O)CC2)c1. The first-order chi connectivity index (χ1) is 12.6. The lowest BCUT2D eigenvalue weighted by Crippen LogP contribution is -2.28. The summed E-state index contributed by atoms with van der Waals surface area (Å²) >= 11 is 0. The minimum Gasteiger partial charge on any atom is -0.507 e. The number of phenols is 2. The third-order valence-electron chi connectivity index (χ3n) is 5.69. The van der Waals surface area contributed by atoms with Gasteiger partial charge in [0.2, 0.25) is 0 Å². The molecule has 0 aliphatic carbocycles. The third-order valence-corrected chi connectivity index (χ3v) is 7.40. The van der Waals surface area contributed by atoms with Gasteiger partial charge < -0.3 is 10.2 Å². The van der Waals surface area contributed by atoms with E-state index >= 15 is 0 Å². The van der Waals surface area contributed by atoms with Crippen LogP contribution < -0.4 is 0 Å². The van der Waals surface area contributed by atoms with Crippen LogP contribution in [0, 0.1) is 33.6 Å². The fourth-order valence-electron chi connectivity index (χ4n) is 4.38. The first-order valence-corrected chi connectivity index (χ1v) is 11.2. The summed E-state index contributed by atoms with van der Waals surface area (Å²) in [5.41, 5.74) is 5.22. The van der Waals surface area contributed by atoms with Crippen molar-refractivity contribution in [1.82, 2.24) is 0 Å². The summed E-state index contributed by atoms with van der Waals surface area (Å²) in [5, 5.41) is 21.6. The molecule has 3 rings (SSSR count). The second kappa shape index (κ2) is 7.19. The van der Waals surface area contributed by atoms with Gasteiger partial charge in [-0.15, -0.1) is 0 Å². The van der Waals surface area contributed by atoms with E-state index in [1.165, 1.54) is 0 Å².